The number of carbonyl (C=O) groups excluding carboxylic acids is 1. The molecule has 3 heterocycles. The molecule has 2 aromatic heterocycles. The first kappa shape index (κ1) is 16.7. The molecule has 0 aromatic carbocycles. The van der Waals surface area contributed by atoms with Crippen LogP contribution in [0.3, 0.4) is 0 Å². The molecule has 1 aliphatic rings. The van der Waals surface area contributed by atoms with Crippen molar-refractivity contribution in [3.8, 4) is 0 Å². The number of hydrogen-bond acceptors (Lipinski definition) is 5. The summed E-state index contributed by atoms with van der Waals surface area (Å²) in [5.74, 6) is 0.602. The van der Waals surface area contributed by atoms with Crippen LogP contribution in [0.25, 0.3) is 0 Å². The van der Waals surface area contributed by atoms with Crippen molar-refractivity contribution in [2.75, 3.05) is 25.5 Å². The summed E-state index contributed by atoms with van der Waals surface area (Å²) in [6.45, 7) is 2.61. The van der Waals surface area contributed by atoms with Gasteiger partial charge in [-0.15, -0.1) is 10.2 Å². The molecule has 0 unspecified atom stereocenters. The third kappa shape index (κ3) is 2.84. The lowest BCUT2D eigenvalue weighted by molar-refractivity contribution is 0.0728. The van der Waals surface area contributed by atoms with Crippen molar-refractivity contribution in [2.24, 2.45) is 7.05 Å². The van der Waals surface area contributed by atoms with Crippen LogP contribution in [0, 0.1) is 6.92 Å². The van der Waals surface area contributed by atoms with E-state index in [9.17, 15) is 4.79 Å². The second-order valence-electron chi connectivity index (χ2n) is 6.24. The summed E-state index contributed by atoms with van der Waals surface area (Å²) in [6.07, 6.45) is 1.81. The molecule has 24 heavy (non-hydrogen) atoms. The fraction of sp³-hybridized carbons (Fsp3) is 0.500. The summed E-state index contributed by atoms with van der Waals surface area (Å²) < 4.78 is 1.65. The number of aromatic nitrogens is 4. The summed E-state index contributed by atoms with van der Waals surface area (Å²) in [4.78, 5) is 16.6. The van der Waals surface area contributed by atoms with Crippen LogP contribution in [0.2, 0.25) is 5.15 Å². The van der Waals surface area contributed by atoms with Crippen molar-refractivity contribution in [1.29, 1.82) is 0 Å². The Morgan fingerprint density at radius 3 is 2.62 bits per heavy atom. The Labute approximate surface area is 146 Å². The zero-order valence-electron chi connectivity index (χ0n) is 14.3. The Hall–Kier alpha value is -2.15. The van der Waals surface area contributed by atoms with Crippen LogP contribution in [-0.4, -0.2) is 51.4 Å². The smallest absolute Gasteiger partial charge is 0.274 e. The monoisotopic (exact) mass is 348 g/mol. The largest absolute Gasteiger partial charge is 0.361 e. The van der Waals surface area contributed by atoms with Crippen LogP contribution in [0.15, 0.2) is 12.1 Å². The maximum Gasteiger partial charge on any atom is 0.274 e. The highest BCUT2D eigenvalue weighted by Crippen LogP contribution is 2.38. The molecule has 8 heteroatoms. The minimum Gasteiger partial charge on any atom is -0.361 e. The Kier molecular flexibility index (Phi) is 4.45. The Morgan fingerprint density at radius 2 is 2.08 bits per heavy atom. The number of nitrogens with zero attached hydrogens (tertiary/aromatic N) is 6. The highest BCUT2D eigenvalue weighted by atomic mass is 35.5. The average Bonchev–Trinajstić information content (AvgIpc) is 3.12. The fourth-order valence-corrected chi connectivity index (χ4v) is 3.46. The lowest BCUT2D eigenvalue weighted by Gasteiger charge is -2.24. The topological polar surface area (TPSA) is 67.2 Å². The molecule has 0 saturated carbocycles. The van der Waals surface area contributed by atoms with Crippen LogP contribution < -0.4 is 4.90 Å². The molecule has 0 bridgehead atoms. The predicted molar refractivity (Wildman–Crippen MR) is 92.3 cm³/mol. The lowest BCUT2D eigenvalue weighted by Crippen LogP contribution is -2.31. The minimum absolute atomic E-state index is 0.0611. The third-order valence-corrected chi connectivity index (χ3v) is 4.82. The molecular formula is C16H21ClN6O. The summed E-state index contributed by atoms with van der Waals surface area (Å²) in [7, 11) is 5.58. The zero-order valence-corrected chi connectivity index (χ0v) is 15.1. The molecular weight excluding hydrogens is 328 g/mol. The molecule has 1 saturated heterocycles. The summed E-state index contributed by atoms with van der Waals surface area (Å²) in [5, 5.41) is 13.1. The van der Waals surface area contributed by atoms with E-state index < -0.39 is 0 Å². The van der Waals surface area contributed by atoms with Crippen LogP contribution in [0.4, 0.5) is 5.82 Å². The van der Waals surface area contributed by atoms with E-state index in [1.807, 2.05) is 37.9 Å². The van der Waals surface area contributed by atoms with Gasteiger partial charge in [-0.3, -0.25) is 9.48 Å². The Balaban J connectivity index is 1.88. The van der Waals surface area contributed by atoms with Gasteiger partial charge in [-0.2, -0.15) is 5.10 Å². The molecule has 0 radical (unpaired) electrons. The molecule has 0 N–H and O–H groups in total. The normalized spacial score (nSPS) is 17.4. The highest BCUT2D eigenvalue weighted by Gasteiger charge is 2.35. The number of anilines is 1. The van der Waals surface area contributed by atoms with Gasteiger partial charge in [-0.05, 0) is 31.9 Å². The summed E-state index contributed by atoms with van der Waals surface area (Å²) in [6, 6.07) is 3.46. The molecule has 1 amide bonds. The summed E-state index contributed by atoms with van der Waals surface area (Å²) in [5.41, 5.74) is 2.15. The van der Waals surface area contributed by atoms with Gasteiger partial charge in [0.1, 0.15) is 5.15 Å². The first-order valence-corrected chi connectivity index (χ1v) is 8.29. The van der Waals surface area contributed by atoms with Crippen LogP contribution in [0.5, 0.6) is 0 Å². The van der Waals surface area contributed by atoms with Gasteiger partial charge in [0, 0.05) is 33.3 Å². The predicted octanol–water partition coefficient (Wildman–Crippen LogP) is 2.22. The van der Waals surface area contributed by atoms with E-state index in [-0.39, 0.29) is 11.9 Å². The quantitative estimate of drug-likeness (QED) is 0.850. The maximum atomic E-state index is 12.9. The first-order chi connectivity index (χ1) is 11.4. The fourth-order valence-electron chi connectivity index (χ4n) is 3.16. The van der Waals surface area contributed by atoms with Gasteiger partial charge >= 0.3 is 0 Å². The Morgan fingerprint density at radius 1 is 1.33 bits per heavy atom. The molecule has 1 aliphatic heterocycles. The zero-order chi connectivity index (χ0) is 17.4. The number of aryl methyl sites for hydroxylation is 2. The van der Waals surface area contributed by atoms with Gasteiger partial charge in [-0.25, -0.2) is 0 Å². The van der Waals surface area contributed by atoms with E-state index in [0.29, 0.717) is 17.4 Å². The molecule has 128 valence electrons. The second-order valence-corrected chi connectivity index (χ2v) is 6.60. The molecule has 2 aromatic rings. The number of hydrogen-bond donors (Lipinski definition) is 0. The average molecular weight is 349 g/mol. The van der Waals surface area contributed by atoms with E-state index in [1.165, 1.54) is 0 Å². The minimum atomic E-state index is -0.116. The van der Waals surface area contributed by atoms with E-state index in [1.54, 1.807) is 16.8 Å². The number of halogens is 1. The molecule has 7 nitrogen and oxygen atoms in total. The van der Waals surface area contributed by atoms with Gasteiger partial charge in [0.05, 0.1) is 11.7 Å². The summed E-state index contributed by atoms with van der Waals surface area (Å²) >= 11 is 6.39. The van der Waals surface area contributed by atoms with Crippen molar-refractivity contribution in [1.82, 2.24) is 24.9 Å². The molecule has 0 spiro atoms. The molecule has 1 atom stereocenters. The van der Waals surface area contributed by atoms with Gasteiger partial charge in [0.15, 0.2) is 11.5 Å². The molecule has 3 rings (SSSR count). The lowest BCUT2D eigenvalue weighted by atomic mass is 10.1. The van der Waals surface area contributed by atoms with Crippen molar-refractivity contribution >= 4 is 23.3 Å². The maximum absolute atomic E-state index is 12.9. The third-order valence-electron chi connectivity index (χ3n) is 4.37. The highest BCUT2D eigenvalue weighted by molar-refractivity contribution is 6.30. The van der Waals surface area contributed by atoms with E-state index in [2.05, 4.69) is 15.3 Å². The first-order valence-electron chi connectivity index (χ1n) is 7.91. The SMILES string of the molecule is Cc1nn(C)c(Cl)c1[C@H]1CCCN1C(=O)c1ccc(N(C)C)nn1. The van der Waals surface area contributed by atoms with Crippen molar-refractivity contribution in [3.05, 3.63) is 34.2 Å². The van der Waals surface area contributed by atoms with Crippen LogP contribution in [0.1, 0.15) is 40.6 Å². The van der Waals surface area contributed by atoms with Crippen molar-refractivity contribution in [2.45, 2.75) is 25.8 Å². The van der Waals surface area contributed by atoms with E-state index >= 15 is 0 Å². The van der Waals surface area contributed by atoms with Crippen molar-refractivity contribution in [3.63, 3.8) is 0 Å². The number of rotatable bonds is 3. The van der Waals surface area contributed by atoms with Gasteiger partial charge in [-0.1, -0.05) is 11.6 Å². The number of carbonyl (C=O) groups is 1. The molecule has 1 fully saturated rings. The van der Waals surface area contributed by atoms with E-state index in [0.717, 1.165) is 29.9 Å². The van der Waals surface area contributed by atoms with Gasteiger partial charge < -0.3 is 9.80 Å². The Bertz CT molecular complexity index is 755. The van der Waals surface area contributed by atoms with Gasteiger partial charge in [0.25, 0.3) is 5.91 Å². The standard InChI is InChI=1S/C16H21ClN6O/c1-10-14(15(17)22(4)20-10)12-6-5-9-23(12)16(24)11-7-8-13(19-18-11)21(2)3/h7-8,12H,5-6,9H2,1-4H3/t12-/m1/s1. The van der Waals surface area contributed by atoms with Crippen molar-refractivity contribution < 1.29 is 4.79 Å². The van der Waals surface area contributed by atoms with Crippen LogP contribution >= 0.6 is 11.6 Å². The number of amides is 1. The second kappa shape index (κ2) is 6.39. The molecule has 0 aliphatic carbocycles. The van der Waals surface area contributed by atoms with E-state index in [4.69, 9.17) is 11.6 Å². The van der Waals surface area contributed by atoms with Crippen LogP contribution in [-0.2, 0) is 7.05 Å². The number of likely N-dealkylation sites (tertiary alicyclic amines) is 1. The van der Waals surface area contributed by atoms with Gasteiger partial charge in [0.2, 0.25) is 0 Å².